The molecule has 94 valence electrons. The van der Waals surface area contributed by atoms with Crippen molar-refractivity contribution in [2.24, 2.45) is 0 Å². The predicted molar refractivity (Wildman–Crippen MR) is 73.4 cm³/mol. The summed E-state index contributed by atoms with van der Waals surface area (Å²) in [6, 6.07) is 9.63. The molecule has 0 amide bonds. The maximum atomic E-state index is 3.40. The van der Waals surface area contributed by atoms with Gasteiger partial charge in [-0.3, -0.25) is 0 Å². The van der Waals surface area contributed by atoms with Crippen LogP contribution in [0.15, 0.2) is 24.3 Å². The Kier molecular flexibility index (Phi) is 4.57. The fourth-order valence-corrected chi connectivity index (χ4v) is 2.54. The second-order valence-corrected chi connectivity index (χ2v) is 5.16. The molecule has 1 atom stereocenters. The molecule has 1 N–H and O–H groups in total. The molecule has 17 heavy (non-hydrogen) atoms. The van der Waals surface area contributed by atoms with Crippen molar-refractivity contribution in [3.63, 3.8) is 0 Å². The van der Waals surface area contributed by atoms with E-state index in [1.54, 1.807) is 0 Å². The summed E-state index contributed by atoms with van der Waals surface area (Å²) in [4.78, 5) is 2.59. The van der Waals surface area contributed by atoms with E-state index in [4.69, 9.17) is 0 Å². The van der Waals surface area contributed by atoms with Gasteiger partial charge in [-0.2, -0.15) is 0 Å². The number of hydrogen-bond donors (Lipinski definition) is 1. The SMILES string of the molecule is CNC1CCCN(CCc2ccc(C)cc2)C1. The van der Waals surface area contributed by atoms with Crippen molar-refractivity contribution in [3.05, 3.63) is 35.4 Å². The molecular weight excluding hydrogens is 208 g/mol. The summed E-state index contributed by atoms with van der Waals surface area (Å²) in [6.07, 6.45) is 3.84. The molecule has 1 aliphatic heterocycles. The van der Waals surface area contributed by atoms with Gasteiger partial charge in [0.2, 0.25) is 0 Å². The van der Waals surface area contributed by atoms with Crippen LogP contribution in [0.3, 0.4) is 0 Å². The van der Waals surface area contributed by atoms with Gasteiger partial charge < -0.3 is 10.2 Å². The average molecular weight is 232 g/mol. The summed E-state index contributed by atoms with van der Waals surface area (Å²) < 4.78 is 0. The molecule has 0 saturated carbocycles. The van der Waals surface area contributed by atoms with Gasteiger partial charge in [0.15, 0.2) is 0 Å². The highest BCUT2D eigenvalue weighted by Crippen LogP contribution is 2.11. The maximum Gasteiger partial charge on any atom is 0.0192 e. The number of nitrogens with zero attached hydrogens (tertiary/aromatic N) is 1. The zero-order valence-corrected chi connectivity index (χ0v) is 11.1. The minimum Gasteiger partial charge on any atom is -0.316 e. The first-order valence-corrected chi connectivity index (χ1v) is 6.73. The molecule has 2 nitrogen and oxygen atoms in total. The highest BCUT2D eigenvalue weighted by Gasteiger charge is 2.17. The van der Waals surface area contributed by atoms with Gasteiger partial charge in [0, 0.05) is 19.1 Å². The van der Waals surface area contributed by atoms with Gasteiger partial charge in [0.25, 0.3) is 0 Å². The van der Waals surface area contributed by atoms with Crippen LogP contribution in [0.1, 0.15) is 24.0 Å². The van der Waals surface area contributed by atoms with E-state index < -0.39 is 0 Å². The zero-order chi connectivity index (χ0) is 12.1. The van der Waals surface area contributed by atoms with Gasteiger partial charge in [-0.15, -0.1) is 0 Å². The van der Waals surface area contributed by atoms with Gasteiger partial charge >= 0.3 is 0 Å². The second-order valence-electron chi connectivity index (χ2n) is 5.16. The first kappa shape index (κ1) is 12.6. The molecule has 1 aromatic rings. The fraction of sp³-hybridized carbons (Fsp3) is 0.600. The third-order valence-electron chi connectivity index (χ3n) is 3.75. The summed E-state index contributed by atoms with van der Waals surface area (Å²) in [5.41, 5.74) is 2.81. The van der Waals surface area contributed by atoms with Crippen LogP contribution in [-0.4, -0.2) is 37.6 Å². The van der Waals surface area contributed by atoms with Gasteiger partial charge in [-0.25, -0.2) is 0 Å². The van der Waals surface area contributed by atoms with Crippen LogP contribution in [0.2, 0.25) is 0 Å². The third kappa shape index (κ3) is 3.83. The molecular formula is C15H24N2. The lowest BCUT2D eigenvalue weighted by atomic mass is 10.0. The molecule has 1 saturated heterocycles. The number of likely N-dealkylation sites (N-methyl/N-ethyl adjacent to an activating group) is 1. The van der Waals surface area contributed by atoms with E-state index in [-0.39, 0.29) is 0 Å². The molecule has 0 aliphatic carbocycles. The van der Waals surface area contributed by atoms with Crippen molar-refractivity contribution in [1.29, 1.82) is 0 Å². The first-order valence-electron chi connectivity index (χ1n) is 6.73. The Labute approximate surface area is 105 Å². The fourth-order valence-electron chi connectivity index (χ4n) is 2.54. The average Bonchev–Trinajstić information content (AvgIpc) is 2.38. The van der Waals surface area contributed by atoms with Crippen molar-refractivity contribution >= 4 is 0 Å². The van der Waals surface area contributed by atoms with E-state index in [0.717, 1.165) is 0 Å². The van der Waals surface area contributed by atoms with Crippen molar-refractivity contribution in [2.45, 2.75) is 32.2 Å². The Hall–Kier alpha value is -0.860. The van der Waals surface area contributed by atoms with E-state index in [2.05, 4.69) is 48.5 Å². The molecule has 0 aromatic heterocycles. The minimum absolute atomic E-state index is 0.696. The minimum atomic E-state index is 0.696. The third-order valence-corrected chi connectivity index (χ3v) is 3.75. The lowest BCUT2D eigenvalue weighted by Crippen LogP contribution is -2.44. The molecule has 1 aliphatic rings. The number of piperidine rings is 1. The van der Waals surface area contributed by atoms with Crippen LogP contribution in [0.25, 0.3) is 0 Å². The number of benzene rings is 1. The van der Waals surface area contributed by atoms with Crippen molar-refractivity contribution < 1.29 is 0 Å². The topological polar surface area (TPSA) is 15.3 Å². The number of likely N-dealkylation sites (tertiary alicyclic amines) is 1. The largest absolute Gasteiger partial charge is 0.316 e. The number of hydrogen-bond acceptors (Lipinski definition) is 2. The van der Waals surface area contributed by atoms with Crippen LogP contribution in [0.5, 0.6) is 0 Å². The predicted octanol–water partition coefficient (Wildman–Crippen LogP) is 2.22. The van der Waals surface area contributed by atoms with E-state index in [9.17, 15) is 0 Å². The van der Waals surface area contributed by atoms with Gasteiger partial charge in [-0.1, -0.05) is 29.8 Å². The lowest BCUT2D eigenvalue weighted by molar-refractivity contribution is 0.197. The second kappa shape index (κ2) is 6.18. The van der Waals surface area contributed by atoms with Crippen molar-refractivity contribution in [1.82, 2.24) is 10.2 Å². The summed E-state index contributed by atoms with van der Waals surface area (Å²) in [5, 5.41) is 3.40. The summed E-state index contributed by atoms with van der Waals surface area (Å²) >= 11 is 0. The highest BCUT2D eigenvalue weighted by atomic mass is 15.2. The van der Waals surface area contributed by atoms with Gasteiger partial charge in [0.05, 0.1) is 0 Å². The van der Waals surface area contributed by atoms with E-state index in [1.807, 2.05) is 0 Å². The van der Waals surface area contributed by atoms with Crippen LogP contribution in [-0.2, 0) is 6.42 Å². The Morgan fingerprint density at radius 2 is 2.06 bits per heavy atom. The van der Waals surface area contributed by atoms with Crippen molar-refractivity contribution in [3.8, 4) is 0 Å². The van der Waals surface area contributed by atoms with E-state index in [1.165, 1.54) is 50.0 Å². The van der Waals surface area contributed by atoms with Crippen molar-refractivity contribution in [2.75, 3.05) is 26.7 Å². The quantitative estimate of drug-likeness (QED) is 0.856. The maximum absolute atomic E-state index is 3.40. The Morgan fingerprint density at radius 3 is 2.76 bits per heavy atom. The number of rotatable bonds is 4. The first-order chi connectivity index (χ1) is 8.28. The number of aryl methyl sites for hydroxylation is 1. The van der Waals surface area contributed by atoms with Crippen LogP contribution in [0.4, 0.5) is 0 Å². The van der Waals surface area contributed by atoms with Gasteiger partial charge in [-0.05, 0) is 45.3 Å². The van der Waals surface area contributed by atoms with Crippen LogP contribution < -0.4 is 5.32 Å². The molecule has 0 spiro atoms. The molecule has 0 radical (unpaired) electrons. The van der Waals surface area contributed by atoms with Gasteiger partial charge in [0.1, 0.15) is 0 Å². The molecule has 2 heteroatoms. The smallest absolute Gasteiger partial charge is 0.0192 e. The highest BCUT2D eigenvalue weighted by molar-refractivity contribution is 5.21. The standard InChI is InChI=1S/C15H24N2/c1-13-5-7-14(8-6-13)9-11-17-10-3-4-15(12-17)16-2/h5-8,15-16H,3-4,9-12H2,1-2H3. The molecule has 0 bridgehead atoms. The summed E-state index contributed by atoms with van der Waals surface area (Å²) in [6.45, 7) is 5.82. The summed E-state index contributed by atoms with van der Waals surface area (Å²) in [5.74, 6) is 0. The molecule has 2 rings (SSSR count). The zero-order valence-electron chi connectivity index (χ0n) is 11.1. The molecule has 1 aromatic carbocycles. The summed E-state index contributed by atoms with van der Waals surface area (Å²) in [7, 11) is 2.08. The lowest BCUT2D eigenvalue weighted by Gasteiger charge is -2.32. The van der Waals surface area contributed by atoms with E-state index in [0.29, 0.717) is 6.04 Å². The Morgan fingerprint density at radius 1 is 1.29 bits per heavy atom. The molecule has 1 fully saturated rings. The number of nitrogens with one attached hydrogen (secondary N) is 1. The normalized spacial score (nSPS) is 21.6. The molecule has 1 unspecified atom stereocenters. The Balaban J connectivity index is 1.79. The van der Waals surface area contributed by atoms with E-state index >= 15 is 0 Å². The molecule has 1 heterocycles. The monoisotopic (exact) mass is 232 g/mol. The Bertz CT molecular complexity index is 331. The van der Waals surface area contributed by atoms with Crippen LogP contribution >= 0.6 is 0 Å². The van der Waals surface area contributed by atoms with Crippen LogP contribution in [0, 0.1) is 6.92 Å².